The van der Waals surface area contributed by atoms with Crippen molar-refractivity contribution < 1.29 is 0 Å². The smallest absolute Gasteiger partial charge is 0.0256 e. The predicted octanol–water partition coefficient (Wildman–Crippen LogP) is 4.31. The lowest BCUT2D eigenvalue weighted by Gasteiger charge is -2.04. The number of benzene rings is 1. The Kier molecular flexibility index (Phi) is 4.45. The Bertz CT molecular complexity index is 277. The van der Waals surface area contributed by atoms with Gasteiger partial charge in [-0.3, -0.25) is 0 Å². The molecule has 0 aliphatic heterocycles. The van der Waals surface area contributed by atoms with Gasteiger partial charge < -0.3 is 0 Å². The molecular formula is C14H20. The third kappa shape index (κ3) is 3.78. The zero-order chi connectivity index (χ0) is 10.4. The summed E-state index contributed by atoms with van der Waals surface area (Å²) in [4.78, 5) is 0. The van der Waals surface area contributed by atoms with Crippen LogP contribution in [0.1, 0.15) is 38.3 Å². The van der Waals surface area contributed by atoms with E-state index in [1.165, 1.54) is 17.5 Å². The standard InChI is InChI=1S/C14H20/c1-4-5-6-13-7-9-14(10-8-13)11-12(2)3/h5-10,12H,4,11H2,1-3H3. The molecule has 0 amide bonds. The van der Waals surface area contributed by atoms with Gasteiger partial charge in [-0.05, 0) is 29.9 Å². The Labute approximate surface area is 87.7 Å². The zero-order valence-corrected chi connectivity index (χ0v) is 9.46. The van der Waals surface area contributed by atoms with Gasteiger partial charge in [-0.15, -0.1) is 0 Å². The van der Waals surface area contributed by atoms with E-state index in [2.05, 4.69) is 57.2 Å². The molecule has 0 fully saturated rings. The Hall–Kier alpha value is -1.04. The van der Waals surface area contributed by atoms with Crippen LogP contribution in [0.4, 0.5) is 0 Å². The largest absolute Gasteiger partial charge is 0.0842 e. The normalized spacial score (nSPS) is 11.4. The predicted molar refractivity (Wildman–Crippen MR) is 64.3 cm³/mol. The lowest BCUT2D eigenvalue weighted by molar-refractivity contribution is 0.647. The van der Waals surface area contributed by atoms with Gasteiger partial charge in [0.1, 0.15) is 0 Å². The van der Waals surface area contributed by atoms with E-state index in [9.17, 15) is 0 Å². The molecule has 0 heteroatoms. The summed E-state index contributed by atoms with van der Waals surface area (Å²) in [5.74, 6) is 0.743. The van der Waals surface area contributed by atoms with Gasteiger partial charge in [-0.2, -0.15) is 0 Å². The molecule has 0 atom stereocenters. The van der Waals surface area contributed by atoms with Gasteiger partial charge in [0.15, 0.2) is 0 Å². The van der Waals surface area contributed by atoms with Crippen molar-refractivity contribution in [3.63, 3.8) is 0 Å². The van der Waals surface area contributed by atoms with Gasteiger partial charge in [0.25, 0.3) is 0 Å². The van der Waals surface area contributed by atoms with Crippen LogP contribution in [0.15, 0.2) is 30.3 Å². The Morgan fingerprint density at radius 1 is 1.14 bits per heavy atom. The average Bonchev–Trinajstić information content (AvgIpc) is 2.16. The zero-order valence-electron chi connectivity index (χ0n) is 9.46. The molecule has 1 aromatic carbocycles. The number of hydrogen-bond acceptors (Lipinski definition) is 0. The van der Waals surface area contributed by atoms with Crippen LogP contribution in [0, 0.1) is 5.92 Å². The molecule has 1 rings (SSSR count). The highest BCUT2D eigenvalue weighted by Crippen LogP contribution is 2.10. The van der Waals surface area contributed by atoms with Crippen molar-refractivity contribution in [2.24, 2.45) is 5.92 Å². The van der Waals surface area contributed by atoms with E-state index in [4.69, 9.17) is 0 Å². The summed E-state index contributed by atoms with van der Waals surface area (Å²) < 4.78 is 0. The Morgan fingerprint density at radius 2 is 1.79 bits per heavy atom. The third-order valence-corrected chi connectivity index (χ3v) is 2.17. The summed E-state index contributed by atoms with van der Waals surface area (Å²) in [7, 11) is 0. The second-order valence-corrected chi connectivity index (χ2v) is 4.15. The molecule has 0 aliphatic carbocycles. The second kappa shape index (κ2) is 5.64. The summed E-state index contributed by atoms with van der Waals surface area (Å²) in [6, 6.07) is 8.86. The number of hydrogen-bond donors (Lipinski definition) is 0. The molecule has 0 heterocycles. The first kappa shape index (κ1) is 11.0. The molecular weight excluding hydrogens is 168 g/mol. The average molecular weight is 188 g/mol. The van der Waals surface area contributed by atoms with E-state index in [0.717, 1.165) is 12.3 Å². The molecule has 14 heavy (non-hydrogen) atoms. The van der Waals surface area contributed by atoms with E-state index in [0.29, 0.717) is 0 Å². The number of rotatable bonds is 4. The molecule has 0 radical (unpaired) electrons. The van der Waals surface area contributed by atoms with Crippen LogP contribution in [-0.4, -0.2) is 0 Å². The summed E-state index contributed by atoms with van der Waals surface area (Å²) in [6.45, 7) is 6.67. The fourth-order valence-electron chi connectivity index (χ4n) is 1.49. The highest BCUT2D eigenvalue weighted by molar-refractivity contribution is 5.49. The van der Waals surface area contributed by atoms with Gasteiger partial charge in [-0.1, -0.05) is 57.2 Å². The topological polar surface area (TPSA) is 0 Å². The van der Waals surface area contributed by atoms with Crippen molar-refractivity contribution in [2.45, 2.75) is 33.6 Å². The minimum Gasteiger partial charge on any atom is -0.0842 e. The van der Waals surface area contributed by atoms with Crippen LogP contribution >= 0.6 is 0 Å². The van der Waals surface area contributed by atoms with Crippen LogP contribution in [0.3, 0.4) is 0 Å². The van der Waals surface area contributed by atoms with Crippen molar-refractivity contribution in [3.05, 3.63) is 41.5 Å². The fraction of sp³-hybridized carbons (Fsp3) is 0.429. The van der Waals surface area contributed by atoms with Crippen LogP contribution in [0.5, 0.6) is 0 Å². The van der Waals surface area contributed by atoms with Gasteiger partial charge in [-0.25, -0.2) is 0 Å². The number of allylic oxidation sites excluding steroid dienone is 1. The van der Waals surface area contributed by atoms with Crippen LogP contribution in [0.2, 0.25) is 0 Å². The summed E-state index contributed by atoms with van der Waals surface area (Å²) in [6.07, 6.45) is 6.65. The van der Waals surface area contributed by atoms with E-state index in [1.807, 2.05) is 0 Å². The first-order valence-corrected chi connectivity index (χ1v) is 5.48. The van der Waals surface area contributed by atoms with E-state index < -0.39 is 0 Å². The summed E-state index contributed by atoms with van der Waals surface area (Å²) in [5.41, 5.74) is 2.74. The molecule has 0 nitrogen and oxygen atoms in total. The van der Waals surface area contributed by atoms with Crippen molar-refractivity contribution in [2.75, 3.05) is 0 Å². The monoisotopic (exact) mass is 188 g/mol. The van der Waals surface area contributed by atoms with Crippen LogP contribution in [0.25, 0.3) is 6.08 Å². The van der Waals surface area contributed by atoms with Crippen molar-refractivity contribution >= 4 is 6.08 Å². The maximum absolute atomic E-state index is 2.25. The fourth-order valence-corrected chi connectivity index (χ4v) is 1.49. The molecule has 0 N–H and O–H groups in total. The second-order valence-electron chi connectivity index (χ2n) is 4.15. The third-order valence-electron chi connectivity index (χ3n) is 2.17. The molecule has 76 valence electrons. The van der Waals surface area contributed by atoms with Gasteiger partial charge in [0.2, 0.25) is 0 Å². The van der Waals surface area contributed by atoms with Crippen molar-refractivity contribution in [1.29, 1.82) is 0 Å². The molecule has 0 aromatic heterocycles. The van der Waals surface area contributed by atoms with E-state index in [1.54, 1.807) is 0 Å². The Balaban J connectivity index is 2.64. The molecule has 0 bridgehead atoms. The van der Waals surface area contributed by atoms with E-state index >= 15 is 0 Å². The highest BCUT2D eigenvalue weighted by Gasteiger charge is 1.96. The molecule has 0 aliphatic rings. The van der Waals surface area contributed by atoms with Crippen molar-refractivity contribution in [1.82, 2.24) is 0 Å². The van der Waals surface area contributed by atoms with Gasteiger partial charge in [0.05, 0.1) is 0 Å². The highest BCUT2D eigenvalue weighted by atomic mass is 14.0. The first-order valence-electron chi connectivity index (χ1n) is 5.48. The van der Waals surface area contributed by atoms with Crippen molar-refractivity contribution in [3.8, 4) is 0 Å². The summed E-state index contributed by atoms with van der Waals surface area (Å²) >= 11 is 0. The minimum absolute atomic E-state index is 0.743. The molecule has 0 saturated carbocycles. The lowest BCUT2D eigenvalue weighted by atomic mass is 10.0. The van der Waals surface area contributed by atoms with E-state index in [-0.39, 0.29) is 0 Å². The quantitative estimate of drug-likeness (QED) is 0.660. The molecule has 0 saturated heterocycles. The molecule has 0 spiro atoms. The maximum atomic E-state index is 2.25. The SMILES string of the molecule is CCC=Cc1ccc(CC(C)C)cc1. The lowest BCUT2D eigenvalue weighted by Crippen LogP contribution is -1.93. The maximum Gasteiger partial charge on any atom is -0.0256 e. The van der Waals surface area contributed by atoms with Crippen LogP contribution < -0.4 is 0 Å². The van der Waals surface area contributed by atoms with Gasteiger partial charge >= 0.3 is 0 Å². The summed E-state index contributed by atoms with van der Waals surface area (Å²) in [5, 5.41) is 0. The molecule has 0 unspecified atom stereocenters. The first-order chi connectivity index (χ1) is 6.72. The minimum atomic E-state index is 0.743. The Morgan fingerprint density at radius 3 is 2.29 bits per heavy atom. The van der Waals surface area contributed by atoms with Gasteiger partial charge in [0, 0.05) is 0 Å². The van der Waals surface area contributed by atoms with Crippen LogP contribution in [-0.2, 0) is 6.42 Å². The molecule has 1 aromatic rings.